The van der Waals surface area contributed by atoms with Crippen LogP contribution in [0.25, 0.3) is 0 Å². The van der Waals surface area contributed by atoms with Crippen molar-refractivity contribution in [2.24, 2.45) is 0 Å². The summed E-state index contributed by atoms with van der Waals surface area (Å²) in [6.07, 6.45) is 0. The molecule has 9 heteroatoms. The van der Waals surface area contributed by atoms with Gasteiger partial charge in [0.15, 0.2) is 0 Å². The molecule has 2 aromatic rings. The molecule has 0 radical (unpaired) electrons. The Morgan fingerprint density at radius 3 is 2.65 bits per heavy atom. The Balaban J connectivity index is 2.34. The number of nitrogens with one attached hydrogen (secondary N) is 1. The van der Waals surface area contributed by atoms with E-state index in [0.29, 0.717) is 11.3 Å². The lowest BCUT2D eigenvalue weighted by Gasteiger charge is -2.06. The second-order valence-corrected chi connectivity index (χ2v) is 5.68. The first-order valence-electron chi connectivity index (χ1n) is 6.45. The molecule has 1 N–H and O–H groups in total. The van der Waals surface area contributed by atoms with E-state index in [1.54, 1.807) is 25.1 Å². The Hall–Kier alpha value is -2.45. The summed E-state index contributed by atoms with van der Waals surface area (Å²) >= 11 is 6.61. The van der Waals surface area contributed by atoms with Crippen LogP contribution >= 0.6 is 22.9 Å². The van der Waals surface area contributed by atoms with Gasteiger partial charge in [-0.1, -0.05) is 23.7 Å². The first-order valence-corrected chi connectivity index (χ1v) is 7.64. The highest BCUT2D eigenvalue weighted by molar-refractivity contribution is 7.19. The number of nitrogens with zero attached hydrogens (tertiary/aromatic N) is 1. The molecule has 1 aromatic carbocycles. The smallest absolute Gasteiger partial charge is 0.341 e. The maximum Gasteiger partial charge on any atom is 0.341 e. The second kappa shape index (κ2) is 7.21. The second-order valence-electron chi connectivity index (χ2n) is 4.24. The summed E-state index contributed by atoms with van der Waals surface area (Å²) in [5, 5.41) is 13.4. The molecule has 2 rings (SSSR count). The number of esters is 1. The van der Waals surface area contributed by atoms with E-state index in [2.05, 4.69) is 5.32 Å². The van der Waals surface area contributed by atoms with Crippen LogP contribution in [0.1, 0.15) is 27.6 Å². The standard InChI is InChI=1S/C14H11ClN2O5S/c1-2-22-14(19)9-7-11(17(20)21)23-13(9)16-12(18)8-5-3-4-6-10(8)15/h3-7H,2H2,1H3,(H,16,18). The van der Waals surface area contributed by atoms with E-state index in [-0.39, 0.29) is 32.8 Å². The molecule has 0 aliphatic rings. The number of thiophene rings is 1. The van der Waals surface area contributed by atoms with Crippen LogP contribution < -0.4 is 5.32 Å². The van der Waals surface area contributed by atoms with Gasteiger partial charge in [-0.25, -0.2) is 4.79 Å². The Labute approximate surface area is 140 Å². The number of hydrogen-bond acceptors (Lipinski definition) is 6. The van der Waals surface area contributed by atoms with E-state index in [1.165, 1.54) is 6.07 Å². The number of amides is 1. The molecule has 0 aliphatic heterocycles. The van der Waals surface area contributed by atoms with Gasteiger partial charge in [0.05, 0.1) is 22.1 Å². The average Bonchev–Trinajstić information content (AvgIpc) is 2.92. The predicted molar refractivity (Wildman–Crippen MR) is 86.3 cm³/mol. The molecule has 1 aromatic heterocycles. The summed E-state index contributed by atoms with van der Waals surface area (Å²) in [5.74, 6) is -1.32. The minimum absolute atomic E-state index is 0.0417. The molecular weight excluding hydrogens is 344 g/mol. The van der Waals surface area contributed by atoms with Gasteiger partial charge in [0.1, 0.15) is 10.6 Å². The van der Waals surface area contributed by atoms with Crippen LogP contribution in [0.3, 0.4) is 0 Å². The number of anilines is 1. The van der Waals surface area contributed by atoms with Gasteiger partial charge in [-0.2, -0.15) is 0 Å². The van der Waals surface area contributed by atoms with E-state index in [0.717, 1.165) is 6.07 Å². The Morgan fingerprint density at radius 2 is 2.04 bits per heavy atom. The number of ether oxygens (including phenoxy) is 1. The van der Waals surface area contributed by atoms with Crippen molar-refractivity contribution in [2.75, 3.05) is 11.9 Å². The predicted octanol–water partition coefficient (Wildman–Crippen LogP) is 3.74. The van der Waals surface area contributed by atoms with Crippen molar-refractivity contribution < 1.29 is 19.2 Å². The van der Waals surface area contributed by atoms with Crippen molar-refractivity contribution in [2.45, 2.75) is 6.92 Å². The number of hydrogen-bond donors (Lipinski definition) is 1. The minimum atomic E-state index is -0.744. The van der Waals surface area contributed by atoms with Crippen molar-refractivity contribution in [3.05, 3.63) is 56.6 Å². The molecule has 0 saturated heterocycles. The van der Waals surface area contributed by atoms with Crippen LogP contribution in [0, 0.1) is 10.1 Å². The fourth-order valence-corrected chi connectivity index (χ4v) is 2.82. The van der Waals surface area contributed by atoms with Crippen molar-refractivity contribution in [1.82, 2.24) is 0 Å². The molecule has 0 spiro atoms. The lowest BCUT2D eigenvalue weighted by molar-refractivity contribution is -0.380. The lowest BCUT2D eigenvalue weighted by Crippen LogP contribution is -2.14. The Bertz CT molecular complexity index is 774. The van der Waals surface area contributed by atoms with Crippen LogP contribution in [0.4, 0.5) is 10.0 Å². The number of benzene rings is 1. The van der Waals surface area contributed by atoms with E-state index in [9.17, 15) is 19.7 Å². The highest BCUT2D eigenvalue weighted by Crippen LogP contribution is 2.34. The molecule has 1 heterocycles. The van der Waals surface area contributed by atoms with Gasteiger partial charge >= 0.3 is 11.0 Å². The highest BCUT2D eigenvalue weighted by atomic mass is 35.5. The van der Waals surface area contributed by atoms with Crippen molar-refractivity contribution in [3.8, 4) is 0 Å². The first-order chi connectivity index (χ1) is 10.9. The van der Waals surface area contributed by atoms with Gasteiger partial charge in [0.25, 0.3) is 5.91 Å². The largest absolute Gasteiger partial charge is 0.462 e. The normalized spacial score (nSPS) is 10.2. The molecule has 0 aliphatic carbocycles. The highest BCUT2D eigenvalue weighted by Gasteiger charge is 2.24. The quantitative estimate of drug-likeness (QED) is 0.501. The molecule has 1 amide bonds. The Kier molecular flexibility index (Phi) is 5.30. The number of carbonyl (C=O) groups excluding carboxylic acids is 2. The minimum Gasteiger partial charge on any atom is -0.462 e. The molecule has 23 heavy (non-hydrogen) atoms. The average molecular weight is 355 g/mol. The van der Waals surface area contributed by atoms with E-state index in [1.807, 2.05) is 0 Å². The molecule has 0 atom stereocenters. The zero-order valence-electron chi connectivity index (χ0n) is 11.9. The van der Waals surface area contributed by atoms with Crippen molar-refractivity contribution in [1.29, 1.82) is 0 Å². The maximum absolute atomic E-state index is 12.2. The van der Waals surface area contributed by atoms with Crippen molar-refractivity contribution in [3.63, 3.8) is 0 Å². The van der Waals surface area contributed by atoms with Gasteiger partial charge in [-0.05, 0) is 30.4 Å². The molecule has 7 nitrogen and oxygen atoms in total. The van der Waals surface area contributed by atoms with Gasteiger partial charge in [-0.3, -0.25) is 14.9 Å². The van der Waals surface area contributed by atoms with E-state index in [4.69, 9.17) is 16.3 Å². The zero-order valence-corrected chi connectivity index (χ0v) is 13.4. The number of halogens is 1. The third-order valence-electron chi connectivity index (χ3n) is 2.74. The fourth-order valence-electron chi connectivity index (χ4n) is 1.74. The lowest BCUT2D eigenvalue weighted by atomic mass is 10.2. The molecule has 120 valence electrons. The summed E-state index contributed by atoms with van der Waals surface area (Å²) in [6, 6.07) is 7.41. The fraction of sp³-hybridized carbons (Fsp3) is 0.143. The van der Waals surface area contributed by atoms with Crippen LogP contribution in [-0.4, -0.2) is 23.4 Å². The third kappa shape index (κ3) is 3.85. The Morgan fingerprint density at radius 1 is 1.35 bits per heavy atom. The molecule has 0 fully saturated rings. The summed E-state index contributed by atoms with van der Waals surface area (Å²) in [6.45, 7) is 1.72. The van der Waals surface area contributed by atoms with Crippen molar-refractivity contribution >= 4 is 44.8 Å². The maximum atomic E-state index is 12.2. The number of nitro groups is 1. The summed E-state index contributed by atoms with van der Waals surface area (Å²) in [4.78, 5) is 34.4. The number of carbonyl (C=O) groups is 2. The molecular formula is C14H11ClN2O5S. The van der Waals surface area contributed by atoms with Gasteiger partial charge < -0.3 is 10.1 Å². The SMILES string of the molecule is CCOC(=O)c1cc([N+](=O)[O-])sc1NC(=O)c1ccccc1Cl. The summed E-state index contributed by atoms with van der Waals surface area (Å²) in [5.41, 5.74) is 0.129. The molecule has 0 unspecified atom stereocenters. The topological polar surface area (TPSA) is 98.5 Å². The van der Waals surface area contributed by atoms with Crippen LogP contribution in [0.2, 0.25) is 5.02 Å². The summed E-state index contributed by atoms with van der Waals surface area (Å²) in [7, 11) is 0. The summed E-state index contributed by atoms with van der Waals surface area (Å²) < 4.78 is 4.84. The molecule has 0 saturated carbocycles. The monoisotopic (exact) mass is 354 g/mol. The zero-order chi connectivity index (χ0) is 17.0. The van der Waals surface area contributed by atoms with Gasteiger partial charge in [0, 0.05) is 6.07 Å². The van der Waals surface area contributed by atoms with Crippen LogP contribution in [0.15, 0.2) is 30.3 Å². The van der Waals surface area contributed by atoms with Gasteiger partial charge in [-0.15, -0.1) is 0 Å². The first kappa shape index (κ1) is 16.9. The van der Waals surface area contributed by atoms with E-state index >= 15 is 0 Å². The number of rotatable bonds is 5. The third-order valence-corrected chi connectivity index (χ3v) is 4.07. The van der Waals surface area contributed by atoms with Gasteiger partial charge in [0.2, 0.25) is 0 Å². The van der Waals surface area contributed by atoms with Crippen LogP contribution in [0.5, 0.6) is 0 Å². The molecule has 0 bridgehead atoms. The van der Waals surface area contributed by atoms with Crippen LogP contribution in [-0.2, 0) is 4.74 Å². The van der Waals surface area contributed by atoms with E-state index < -0.39 is 16.8 Å².